The summed E-state index contributed by atoms with van der Waals surface area (Å²) >= 11 is 0. The van der Waals surface area contributed by atoms with Crippen LogP contribution >= 0.6 is 0 Å². The van der Waals surface area contributed by atoms with Crippen molar-refractivity contribution >= 4 is 0 Å². The number of hydrogen-bond donors (Lipinski definition) is 2. The number of rotatable bonds is 3. The third-order valence-corrected chi connectivity index (χ3v) is 2.82. The minimum atomic E-state index is -0.408. The number of aliphatic hydroxyl groups excluding tert-OH is 1. The van der Waals surface area contributed by atoms with Crippen molar-refractivity contribution in [2.45, 2.75) is 63.9 Å². The third-order valence-electron chi connectivity index (χ3n) is 2.82. The Morgan fingerprint density at radius 1 is 1.31 bits per heavy atom. The van der Waals surface area contributed by atoms with Crippen molar-refractivity contribution in [1.29, 1.82) is 0 Å². The Hall–Kier alpha value is -0.120. The molecule has 0 radical (unpaired) electrons. The van der Waals surface area contributed by atoms with Gasteiger partial charge in [-0.25, -0.2) is 0 Å². The number of aliphatic hydroxyl groups is 1. The first-order valence-corrected chi connectivity index (χ1v) is 5.20. The van der Waals surface area contributed by atoms with Crippen molar-refractivity contribution in [3.8, 4) is 0 Å². The second-order valence-electron chi connectivity index (χ2n) is 4.07. The van der Waals surface area contributed by atoms with Crippen molar-refractivity contribution in [3.05, 3.63) is 0 Å². The van der Waals surface area contributed by atoms with E-state index in [1.54, 1.807) is 6.92 Å². The van der Waals surface area contributed by atoms with Crippen LogP contribution in [0.5, 0.6) is 0 Å². The molecule has 0 aromatic rings. The van der Waals surface area contributed by atoms with Gasteiger partial charge in [0.25, 0.3) is 0 Å². The Morgan fingerprint density at radius 3 is 2.46 bits per heavy atom. The van der Waals surface area contributed by atoms with Crippen molar-refractivity contribution in [3.63, 3.8) is 0 Å². The van der Waals surface area contributed by atoms with E-state index in [0.29, 0.717) is 0 Å². The summed E-state index contributed by atoms with van der Waals surface area (Å²) in [6.45, 7) is 3.64. The Balaban J connectivity index is 2.33. The Labute approximate surface area is 80.3 Å². The van der Waals surface area contributed by atoms with Crippen LogP contribution in [-0.2, 0) is 4.74 Å². The fourth-order valence-electron chi connectivity index (χ4n) is 1.68. The predicted molar refractivity (Wildman–Crippen MR) is 52.5 cm³/mol. The van der Waals surface area contributed by atoms with Crippen LogP contribution in [-0.4, -0.2) is 29.5 Å². The van der Waals surface area contributed by atoms with E-state index >= 15 is 0 Å². The fourth-order valence-corrected chi connectivity index (χ4v) is 1.68. The maximum Gasteiger partial charge on any atom is 0.0807 e. The van der Waals surface area contributed by atoms with Crippen LogP contribution in [0.4, 0.5) is 0 Å². The summed E-state index contributed by atoms with van der Waals surface area (Å²) in [7, 11) is 0. The van der Waals surface area contributed by atoms with Crippen molar-refractivity contribution < 1.29 is 9.84 Å². The maximum absolute atomic E-state index is 9.27. The lowest BCUT2D eigenvalue weighted by Crippen LogP contribution is -2.42. The van der Waals surface area contributed by atoms with Crippen LogP contribution < -0.4 is 5.73 Å². The molecular weight excluding hydrogens is 166 g/mol. The quantitative estimate of drug-likeness (QED) is 0.694. The molecule has 0 aliphatic heterocycles. The Bertz CT molecular complexity index is 150. The van der Waals surface area contributed by atoms with Crippen LogP contribution in [0, 0.1) is 0 Å². The molecule has 0 saturated heterocycles. The van der Waals surface area contributed by atoms with E-state index in [1.807, 2.05) is 6.92 Å². The largest absolute Gasteiger partial charge is 0.391 e. The first-order chi connectivity index (χ1) is 6.11. The van der Waals surface area contributed by atoms with E-state index < -0.39 is 6.10 Å². The lowest BCUT2D eigenvalue weighted by atomic mass is 9.93. The van der Waals surface area contributed by atoms with Gasteiger partial charge in [-0.1, -0.05) is 12.8 Å². The topological polar surface area (TPSA) is 55.5 Å². The van der Waals surface area contributed by atoms with E-state index in [4.69, 9.17) is 10.5 Å². The lowest BCUT2D eigenvalue weighted by molar-refractivity contribution is -0.0790. The highest BCUT2D eigenvalue weighted by atomic mass is 16.5. The molecule has 0 aromatic heterocycles. The molecule has 1 aliphatic rings. The molecule has 0 amide bonds. The molecule has 78 valence electrons. The molecule has 0 aromatic carbocycles. The van der Waals surface area contributed by atoms with E-state index in [2.05, 4.69) is 0 Å². The summed E-state index contributed by atoms with van der Waals surface area (Å²) in [6, 6.07) is 0.162. The zero-order chi connectivity index (χ0) is 9.84. The van der Waals surface area contributed by atoms with Gasteiger partial charge in [-0.2, -0.15) is 0 Å². The zero-order valence-electron chi connectivity index (χ0n) is 8.57. The average molecular weight is 187 g/mol. The SMILES string of the molecule is CC(O)C(C)OC1CCCCC1N. The normalized spacial score (nSPS) is 34.2. The minimum Gasteiger partial charge on any atom is -0.391 e. The molecule has 4 atom stereocenters. The first-order valence-electron chi connectivity index (χ1n) is 5.20. The van der Waals surface area contributed by atoms with Gasteiger partial charge >= 0.3 is 0 Å². The van der Waals surface area contributed by atoms with Gasteiger partial charge in [0.1, 0.15) is 0 Å². The molecular formula is C10H21NO2. The van der Waals surface area contributed by atoms with Crippen molar-refractivity contribution in [1.82, 2.24) is 0 Å². The van der Waals surface area contributed by atoms with Crippen LogP contribution in [0.15, 0.2) is 0 Å². The molecule has 0 bridgehead atoms. The van der Waals surface area contributed by atoms with Crippen LogP contribution in [0.2, 0.25) is 0 Å². The Kier molecular flexibility index (Phi) is 4.16. The minimum absolute atomic E-state index is 0.103. The van der Waals surface area contributed by atoms with E-state index in [1.165, 1.54) is 12.8 Å². The predicted octanol–water partition coefficient (Wildman–Crippen LogP) is 1.04. The second kappa shape index (κ2) is 4.94. The van der Waals surface area contributed by atoms with E-state index in [0.717, 1.165) is 12.8 Å². The molecule has 4 unspecified atom stereocenters. The van der Waals surface area contributed by atoms with Gasteiger partial charge in [0.05, 0.1) is 18.3 Å². The molecule has 0 heterocycles. The molecule has 1 aliphatic carbocycles. The molecule has 1 saturated carbocycles. The molecule has 0 spiro atoms. The standard InChI is InChI=1S/C10H21NO2/c1-7(12)8(2)13-10-6-4-3-5-9(10)11/h7-10,12H,3-6,11H2,1-2H3. The smallest absolute Gasteiger partial charge is 0.0807 e. The molecule has 3 heteroatoms. The van der Waals surface area contributed by atoms with E-state index in [-0.39, 0.29) is 18.2 Å². The summed E-state index contributed by atoms with van der Waals surface area (Å²) in [6.07, 6.45) is 4.14. The first kappa shape index (κ1) is 11.0. The number of hydrogen-bond acceptors (Lipinski definition) is 3. The Morgan fingerprint density at radius 2 is 1.92 bits per heavy atom. The fraction of sp³-hybridized carbons (Fsp3) is 1.00. The van der Waals surface area contributed by atoms with Gasteiger partial charge in [-0.05, 0) is 26.7 Å². The summed E-state index contributed by atoms with van der Waals surface area (Å²) < 4.78 is 5.69. The van der Waals surface area contributed by atoms with Crippen LogP contribution in [0.1, 0.15) is 39.5 Å². The van der Waals surface area contributed by atoms with Crippen LogP contribution in [0.3, 0.4) is 0 Å². The third kappa shape index (κ3) is 3.25. The highest BCUT2D eigenvalue weighted by Crippen LogP contribution is 2.21. The van der Waals surface area contributed by atoms with Gasteiger partial charge in [-0.15, -0.1) is 0 Å². The highest BCUT2D eigenvalue weighted by Gasteiger charge is 2.25. The molecule has 1 fully saturated rings. The van der Waals surface area contributed by atoms with Crippen LogP contribution in [0.25, 0.3) is 0 Å². The van der Waals surface area contributed by atoms with Gasteiger partial charge in [0.15, 0.2) is 0 Å². The summed E-state index contributed by atoms with van der Waals surface area (Å²) in [5.74, 6) is 0. The molecule has 1 rings (SSSR count). The van der Waals surface area contributed by atoms with Gasteiger partial charge in [0.2, 0.25) is 0 Å². The van der Waals surface area contributed by atoms with Gasteiger partial charge < -0.3 is 15.6 Å². The molecule has 3 nitrogen and oxygen atoms in total. The zero-order valence-corrected chi connectivity index (χ0v) is 8.57. The van der Waals surface area contributed by atoms with Crippen molar-refractivity contribution in [2.24, 2.45) is 5.73 Å². The summed E-state index contributed by atoms with van der Waals surface area (Å²) in [4.78, 5) is 0. The monoisotopic (exact) mass is 187 g/mol. The number of ether oxygens (including phenoxy) is 1. The molecule has 3 N–H and O–H groups in total. The second-order valence-corrected chi connectivity index (χ2v) is 4.07. The molecule has 13 heavy (non-hydrogen) atoms. The van der Waals surface area contributed by atoms with Gasteiger partial charge in [-0.3, -0.25) is 0 Å². The lowest BCUT2D eigenvalue weighted by Gasteiger charge is -2.31. The average Bonchev–Trinajstić information content (AvgIpc) is 2.08. The summed E-state index contributed by atoms with van der Waals surface area (Å²) in [5.41, 5.74) is 5.92. The number of nitrogens with two attached hydrogens (primary N) is 1. The summed E-state index contributed by atoms with van der Waals surface area (Å²) in [5, 5.41) is 9.27. The van der Waals surface area contributed by atoms with Gasteiger partial charge in [0, 0.05) is 6.04 Å². The van der Waals surface area contributed by atoms with E-state index in [9.17, 15) is 5.11 Å². The maximum atomic E-state index is 9.27. The highest BCUT2D eigenvalue weighted by molar-refractivity contribution is 4.79. The van der Waals surface area contributed by atoms with Crippen molar-refractivity contribution in [2.75, 3.05) is 0 Å².